The standard InChI is InChI=1S/C12H16N4OS/c1-2-17-9-3-8-16-11(14-15-12(16)18)10-4-6-13-7-5-10/h4-7H,2-3,8-9H2,1H3,(H,15,18). The van der Waals surface area contributed by atoms with Crippen molar-refractivity contribution in [1.82, 2.24) is 19.7 Å². The maximum Gasteiger partial charge on any atom is 0.195 e. The van der Waals surface area contributed by atoms with Gasteiger partial charge >= 0.3 is 0 Å². The highest BCUT2D eigenvalue weighted by atomic mass is 32.1. The summed E-state index contributed by atoms with van der Waals surface area (Å²) in [5, 5.41) is 7.09. The van der Waals surface area contributed by atoms with E-state index < -0.39 is 0 Å². The van der Waals surface area contributed by atoms with Gasteiger partial charge in [-0.1, -0.05) is 0 Å². The van der Waals surface area contributed by atoms with E-state index in [0.29, 0.717) is 4.77 Å². The van der Waals surface area contributed by atoms with Crippen molar-refractivity contribution < 1.29 is 4.74 Å². The van der Waals surface area contributed by atoms with Gasteiger partial charge in [-0.05, 0) is 37.7 Å². The van der Waals surface area contributed by atoms with Crippen LogP contribution in [0.3, 0.4) is 0 Å². The Bertz CT molecular complexity index is 535. The summed E-state index contributed by atoms with van der Waals surface area (Å²) in [7, 11) is 0. The Morgan fingerprint density at radius 2 is 2.17 bits per heavy atom. The molecule has 2 aromatic heterocycles. The average Bonchev–Trinajstić information content (AvgIpc) is 2.77. The van der Waals surface area contributed by atoms with E-state index in [2.05, 4.69) is 15.2 Å². The van der Waals surface area contributed by atoms with Gasteiger partial charge in [0, 0.05) is 37.7 Å². The zero-order chi connectivity index (χ0) is 12.8. The van der Waals surface area contributed by atoms with Gasteiger partial charge in [-0.15, -0.1) is 0 Å². The molecule has 2 rings (SSSR count). The summed E-state index contributed by atoms with van der Waals surface area (Å²) in [4.78, 5) is 4.00. The van der Waals surface area contributed by atoms with E-state index in [1.807, 2.05) is 23.6 Å². The van der Waals surface area contributed by atoms with Gasteiger partial charge in [0.1, 0.15) is 0 Å². The van der Waals surface area contributed by atoms with Crippen LogP contribution in [0.1, 0.15) is 13.3 Å². The lowest BCUT2D eigenvalue weighted by Crippen LogP contribution is -2.04. The highest BCUT2D eigenvalue weighted by molar-refractivity contribution is 7.71. The molecule has 1 N–H and O–H groups in total. The predicted octanol–water partition coefficient (Wildman–Crippen LogP) is 2.43. The van der Waals surface area contributed by atoms with Gasteiger partial charge in [0.2, 0.25) is 0 Å². The molecule has 0 aliphatic rings. The van der Waals surface area contributed by atoms with E-state index in [4.69, 9.17) is 17.0 Å². The molecule has 0 aliphatic heterocycles. The Kier molecular flexibility index (Phi) is 4.60. The lowest BCUT2D eigenvalue weighted by atomic mass is 10.2. The Hall–Kier alpha value is -1.53. The Morgan fingerprint density at radius 1 is 1.39 bits per heavy atom. The molecular formula is C12H16N4OS. The number of pyridine rings is 1. The maximum absolute atomic E-state index is 5.33. The van der Waals surface area contributed by atoms with Crippen LogP contribution in [-0.4, -0.2) is 33.0 Å². The second kappa shape index (κ2) is 6.42. The lowest BCUT2D eigenvalue weighted by molar-refractivity contribution is 0.141. The molecule has 2 aromatic rings. The molecule has 6 heteroatoms. The SMILES string of the molecule is CCOCCCn1c(-c2ccncc2)n[nH]c1=S. The quantitative estimate of drug-likeness (QED) is 0.643. The molecule has 0 radical (unpaired) electrons. The molecule has 5 nitrogen and oxygen atoms in total. The monoisotopic (exact) mass is 264 g/mol. The second-order valence-electron chi connectivity index (χ2n) is 3.79. The Balaban J connectivity index is 2.15. The number of aromatic nitrogens is 4. The molecule has 96 valence electrons. The smallest absolute Gasteiger partial charge is 0.195 e. The van der Waals surface area contributed by atoms with Crippen LogP contribution in [0, 0.1) is 4.77 Å². The number of nitrogens with one attached hydrogen (secondary N) is 1. The van der Waals surface area contributed by atoms with E-state index in [1.165, 1.54) is 0 Å². The van der Waals surface area contributed by atoms with Gasteiger partial charge < -0.3 is 9.30 Å². The molecule has 0 amide bonds. The average molecular weight is 264 g/mol. The first-order chi connectivity index (χ1) is 8.83. The molecule has 0 fully saturated rings. The summed E-state index contributed by atoms with van der Waals surface area (Å²) in [5.74, 6) is 0.846. The van der Waals surface area contributed by atoms with Crippen LogP contribution in [0.4, 0.5) is 0 Å². The molecule has 18 heavy (non-hydrogen) atoms. The van der Waals surface area contributed by atoms with E-state index in [-0.39, 0.29) is 0 Å². The highest BCUT2D eigenvalue weighted by Gasteiger charge is 2.07. The van der Waals surface area contributed by atoms with Crippen molar-refractivity contribution in [1.29, 1.82) is 0 Å². The number of nitrogens with zero attached hydrogens (tertiary/aromatic N) is 3. The zero-order valence-electron chi connectivity index (χ0n) is 10.3. The van der Waals surface area contributed by atoms with Crippen LogP contribution < -0.4 is 0 Å². The lowest BCUT2D eigenvalue weighted by Gasteiger charge is -2.06. The minimum absolute atomic E-state index is 0.637. The number of hydrogen-bond donors (Lipinski definition) is 1. The third-order valence-corrected chi connectivity index (χ3v) is 2.88. The Morgan fingerprint density at radius 3 is 2.89 bits per heavy atom. The van der Waals surface area contributed by atoms with Gasteiger partial charge in [-0.3, -0.25) is 10.1 Å². The molecule has 0 atom stereocenters. The highest BCUT2D eigenvalue weighted by Crippen LogP contribution is 2.16. The zero-order valence-corrected chi connectivity index (χ0v) is 11.1. The van der Waals surface area contributed by atoms with Gasteiger partial charge in [-0.2, -0.15) is 5.10 Å². The molecular weight excluding hydrogens is 248 g/mol. The summed E-state index contributed by atoms with van der Waals surface area (Å²) >= 11 is 5.24. The van der Waals surface area contributed by atoms with Gasteiger partial charge in [0.25, 0.3) is 0 Å². The van der Waals surface area contributed by atoms with Crippen molar-refractivity contribution >= 4 is 12.2 Å². The van der Waals surface area contributed by atoms with Crippen molar-refractivity contribution in [3.63, 3.8) is 0 Å². The van der Waals surface area contributed by atoms with Gasteiger partial charge in [0.15, 0.2) is 10.6 Å². The third kappa shape index (κ3) is 3.02. The minimum atomic E-state index is 0.637. The molecule has 0 saturated carbocycles. The topological polar surface area (TPSA) is 55.7 Å². The van der Waals surface area contributed by atoms with Crippen LogP contribution in [0.2, 0.25) is 0 Å². The summed E-state index contributed by atoms with van der Waals surface area (Å²) in [6, 6.07) is 3.84. The largest absolute Gasteiger partial charge is 0.382 e. The first-order valence-electron chi connectivity index (χ1n) is 5.96. The van der Waals surface area contributed by atoms with Crippen molar-refractivity contribution in [2.45, 2.75) is 19.9 Å². The van der Waals surface area contributed by atoms with Crippen molar-refractivity contribution in [3.05, 3.63) is 29.3 Å². The number of aromatic amines is 1. The fourth-order valence-electron chi connectivity index (χ4n) is 1.72. The summed E-state index contributed by atoms with van der Waals surface area (Å²) < 4.78 is 7.96. The summed E-state index contributed by atoms with van der Waals surface area (Å²) in [6.07, 6.45) is 4.41. The molecule has 0 aromatic carbocycles. The molecule has 0 bridgehead atoms. The predicted molar refractivity (Wildman–Crippen MR) is 71.8 cm³/mol. The van der Waals surface area contributed by atoms with Crippen molar-refractivity contribution in [2.24, 2.45) is 0 Å². The van der Waals surface area contributed by atoms with E-state index in [9.17, 15) is 0 Å². The number of H-pyrrole nitrogens is 1. The van der Waals surface area contributed by atoms with Crippen LogP contribution in [0.5, 0.6) is 0 Å². The number of rotatable bonds is 6. The second-order valence-corrected chi connectivity index (χ2v) is 4.18. The number of hydrogen-bond acceptors (Lipinski definition) is 4. The molecule has 0 aliphatic carbocycles. The first-order valence-corrected chi connectivity index (χ1v) is 6.37. The van der Waals surface area contributed by atoms with Crippen molar-refractivity contribution in [2.75, 3.05) is 13.2 Å². The van der Waals surface area contributed by atoms with Gasteiger partial charge in [0.05, 0.1) is 0 Å². The van der Waals surface area contributed by atoms with Crippen LogP contribution in [0.15, 0.2) is 24.5 Å². The summed E-state index contributed by atoms with van der Waals surface area (Å²) in [6.45, 7) is 4.27. The van der Waals surface area contributed by atoms with E-state index in [0.717, 1.165) is 37.6 Å². The fraction of sp³-hybridized carbons (Fsp3) is 0.417. The van der Waals surface area contributed by atoms with Crippen LogP contribution in [-0.2, 0) is 11.3 Å². The molecule has 2 heterocycles. The first kappa shape index (κ1) is 12.9. The molecule has 0 unspecified atom stereocenters. The maximum atomic E-state index is 5.33. The minimum Gasteiger partial charge on any atom is -0.382 e. The van der Waals surface area contributed by atoms with Crippen LogP contribution >= 0.6 is 12.2 Å². The van der Waals surface area contributed by atoms with Crippen molar-refractivity contribution in [3.8, 4) is 11.4 Å². The number of ether oxygens (including phenoxy) is 1. The van der Waals surface area contributed by atoms with E-state index in [1.54, 1.807) is 12.4 Å². The Labute approximate surface area is 111 Å². The van der Waals surface area contributed by atoms with Gasteiger partial charge in [-0.25, -0.2) is 0 Å². The summed E-state index contributed by atoms with van der Waals surface area (Å²) in [5.41, 5.74) is 1.01. The molecule has 0 spiro atoms. The third-order valence-electron chi connectivity index (χ3n) is 2.57. The molecule has 0 saturated heterocycles. The van der Waals surface area contributed by atoms with Crippen LogP contribution in [0.25, 0.3) is 11.4 Å². The fourth-order valence-corrected chi connectivity index (χ4v) is 1.94. The normalized spacial score (nSPS) is 10.7. The van der Waals surface area contributed by atoms with E-state index >= 15 is 0 Å².